The minimum atomic E-state index is -0.186. The van der Waals surface area contributed by atoms with Gasteiger partial charge in [-0.1, -0.05) is 0 Å². The molecule has 0 bridgehead atoms. The van der Waals surface area contributed by atoms with Crippen molar-refractivity contribution in [3.8, 4) is 0 Å². The number of hydrogen-bond donors (Lipinski definition) is 1. The standard InChI is InChI=1S/C11H22N2O2/c1-8(2)13(9(3)4)11(14)15-10-5-6-12-7-10/h8-10,12H,5-7H2,1-4H3/t10-/m1/s1. The summed E-state index contributed by atoms with van der Waals surface area (Å²) in [7, 11) is 0. The smallest absolute Gasteiger partial charge is 0.410 e. The predicted octanol–water partition coefficient (Wildman–Crippen LogP) is 1.60. The second-order valence-electron chi connectivity index (χ2n) is 4.59. The zero-order valence-corrected chi connectivity index (χ0v) is 10.1. The van der Waals surface area contributed by atoms with E-state index in [1.54, 1.807) is 4.90 Å². The fourth-order valence-corrected chi connectivity index (χ4v) is 1.95. The van der Waals surface area contributed by atoms with Crippen LogP contribution in [0.15, 0.2) is 0 Å². The minimum Gasteiger partial charge on any atom is -0.445 e. The Hall–Kier alpha value is -0.770. The molecular weight excluding hydrogens is 192 g/mol. The highest BCUT2D eigenvalue weighted by atomic mass is 16.6. The molecule has 0 aliphatic carbocycles. The molecule has 1 rings (SSSR count). The van der Waals surface area contributed by atoms with Gasteiger partial charge in [0.2, 0.25) is 0 Å². The van der Waals surface area contributed by atoms with Crippen LogP contribution in [0.25, 0.3) is 0 Å². The van der Waals surface area contributed by atoms with Gasteiger partial charge in [-0.3, -0.25) is 0 Å². The second kappa shape index (κ2) is 5.35. The Morgan fingerprint density at radius 3 is 2.33 bits per heavy atom. The van der Waals surface area contributed by atoms with Crippen LogP contribution in [0.5, 0.6) is 0 Å². The normalized spacial score (nSPS) is 21.1. The van der Waals surface area contributed by atoms with E-state index in [-0.39, 0.29) is 24.3 Å². The SMILES string of the molecule is CC(C)N(C(=O)O[C@@H]1CCNC1)C(C)C. The van der Waals surface area contributed by atoms with Crippen molar-refractivity contribution in [3.05, 3.63) is 0 Å². The van der Waals surface area contributed by atoms with Crippen LogP contribution in [0, 0.1) is 0 Å². The molecule has 1 atom stereocenters. The van der Waals surface area contributed by atoms with Crippen LogP contribution >= 0.6 is 0 Å². The summed E-state index contributed by atoms with van der Waals surface area (Å²) in [5, 5.41) is 3.18. The largest absolute Gasteiger partial charge is 0.445 e. The lowest BCUT2D eigenvalue weighted by Crippen LogP contribution is -2.43. The molecule has 0 unspecified atom stereocenters. The van der Waals surface area contributed by atoms with Crippen molar-refractivity contribution in [1.82, 2.24) is 10.2 Å². The molecule has 0 saturated carbocycles. The number of nitrogens with zero attached hydrogens (tertiary/aromatic N) is 1. The molecule has 4 nitrogen and oxygen atoms in total. The molecule has 0 aromatic rings. The number of carbonyl (C=O) groups excluding carboxylic acids is 1. The van der Waals surface area contributed by atoms with Gasteiger partial charge in [0.15, 0.2) is 0 Å². The Bertz CT molecular complexity index is 203. The Morgan fingerprint density at radius 1 is 1.33 bits per heavy atom. The Labute approximate surface area is 92.0 Å². The van der Waals surface area contributed by atoms with E-state index in [1.165, 1.54) is 0 Å². The molecule has 1 amide bonds. The molecule has 88 valence electrons. The number of ether oxygens (including phenoxy) is 1. The molecule has 1 aliphatic heterocycles. The first-order valence-electron chi connectivity index (χ1n) is 5.72. The lowest BCUT2D eigenvalue weighted by Gasteiger charge is -2.30. The molecule has 0 aromatic carbocycles. The average Bonchev–Trinajstić information content (AvgIpc) is 2.54. The molecule has 15 heavy (non-hydrogen) atoms. The summed E-state index contributed by atoms with van der Waals surface area (Å²) in [6.07, 6.45) is 0.793. The van der Waals surface area contributed by atoms with E-state index in [0.717, 1.165) is 19.5 Å². The molecular formula is C11H22N2O2. The van der Waals surface area contributed by atoms with Crippen molar-refractivity contribution in [3.63, 3.8) is 0 Å². The first-order chi connectivity index (χ1) is 7.02. The summed E-state index contributed by atoms with van der Waals surface area (Å²) in [6, 6.07) is 0.374. The lowest BCUT2D eigenvalue weighted by molar-refractivity contribution is 0.0520. The van der Waals surface area contributed by atoms with Crippen LogP contribution in [-0.4, -0.2) is 42.3 Å². The highest BCUT2D eigenvalue weighted by Crippen LogP contribution is 2.11. The molecule has 1 aliphatic rings. The number of rotatable bonds is 3. The van der Waals surface area contributed by atoms with E-state index < -0.39 is 0 Å². The van der Waals surface area contributed by atoms with Gasteiger partial charge in [-0.25, -0.2) is 4.79 Å². The predicted molar refractivity (Wildman–Crippen MR) is 59.9 cm³/mol. The molecule has 1 fully saturated rings. The summed E-state index contributed by atoms with van der Waals surface area (Å²) >= 11 is 0. The zero-order chi connectivity index (χ0) is 11.4. The summed E-state index contributed by atoms with van der Waals surface area (Å²) in [4.78, 5) is 13.6. The number of carbonyl (C=O) groups is 1. The highest BCUT2D eigenvalue weighted by molar-refractivity contribution is 5.68. The fraction of sp³-hybridized carbons (Fsp3) is 0.909. The molecule has 0 radical (unpaired) electrons. The van der Waals surface area contributed by atoms with Crippen molar-refractivity contribution in [2.75, 3.05) is 13.1 Å². The number of nitrogens with one attached hydrogen (secondary N) is 1. The molecule has 0 spiro atoms. The quantitative estimate of drug-likeness (QED) is 0.776. The molecule has 1 N–H and O–H groups in total. The zero-order valence-electron chi connectivity index (χ0n) is 10.1. The van der Waals surface area contributed by atoms with Gasteiger partial charge in [-0.2, -0.15) is 0 Å². The van der Waals surface area contributed by atoms with Crippen molar-refractivity contribution in [2.45, 2.75) is 52.3 Å². The monoisotopic (exact) mass is 214 g/mol. The van der Waals surface area contributed by atoms with Gasteiger partial charge >= 0.3 is 6.09 Å². The second-order valence-corrected chi connectivity index (χ2v) is 4.59. The average molecular weight is 214 g/mol. The van der Waals surface area contributed by atoms with E-state index in [4.69, 9.17) is 4.74 Å². The van der Waals surface area contributed by atoms with E-state index >= 15 is 0 Å². The van der Waals surface area contributed by atoms with Gasteiger partial charge in [0, 0.05) is 18.6 Å². The first kappa shape index (κ1) is 12.3. The van der Waals surface area contributed by atoms with E-state index in [9.17, 15) is 4.79 Å². The first-order valence-corrected chi connectivity index (χ1v) is 5.72. The molecule has 1 saturated heterocycles. The van der Waals surface area contributed by atoms with Crippen LogP contribution in [0.4, 0.5) is 4.79 Å². The van der Waals surface area contributed by atoms with Gasteiger partial charge in [-0.15, -0.1) is 0 Å². The van der Waals surface area contributed by atoms with Gasteiger partial charge < -0.3 is 15.0 Å². The van der Waals surface area contributed by atoms with Crippen LogP contribution in [-0.2, 0) is 4.74 Å². The molecule has 0 aromatic heterocycles. The van der Waals surface area contributed by atoms with E-state index in [1.807, 2.05) is 27.7 Å². The van der Waals surface area contributed by atoms with Gasteiger partial charge in [0.25, 0.3) is 0 Å². The van der Waals surface area contributed by atoms with Crippen molar-refractivity contribution < 1.29 is 9.53 Å². The van der Waals surface area contributed by atoms with Gasteiger partial charge in [0.05, 0.1) is 0 Å². The van der Waals surface area contributed by atoms with Crippen LogP contribution in [0.1, 0.15) is 34.1 Å². The van der Waals surface area contributed by atoms with Crippen molar-refractivity contribution in [2.24, 2.45) is 0 Å². The molecule has 1 heterocycles. The Kier molecular flexibility index (Phi) is 4.39. The highest BCUT2D eigenvalue weighted by Gasteiger charge is 2.25. The molecule has 4 heteroatoms. The number of amides is 1. The third-order valence-corrected chi connectivity index (χ3v) is 2.61. The fourth-order valence-electron chi connectivity index (χ4n) is 1.95. The summed E-state index contributed by atoms with van der Waals surface area (Å²) in [5.74, 6) is 0. The third-order valence-electron chi connectivity index (χ3n) is 2.61. The Balaban J connectivity index is 2.48. The van der Waals surface area contributed by atoms with Gasteiger partial charge in [0.1, 0.15) is 6.10 Å². The maximum atomic E-state index is 11.9. The van der Waals surface area contributed by atoms with Crippen molar-refractivity contribution in [1.29, 1.82) is 0 Å². The maximum absolute atomic E-state index is 11.9. The third kappa shape index (κ3) is 3.38. The minimum absolute atomic E-state index is 0.0532. The maximum Gasteiger partial charge on any atom is 0.410 e. The van der Waals surface area contributed by atoms with E-state index in [0.29, 0.717) is 0 Å². The van der Waals surface area contributed by atoms with Crippen LogP contribution in [0.2, 0.25) is 0 Å². The van der Waals surface area contributed by atoms with Gasteiger partial charge in [-0.05, 0) is 40.7 Å². The Morgan fingerprint density at radius 2 is 1.93 bits per heavy atom. The van der Waals surface area contributed by atoms with Crippen LogP contribution in [0.3, 0.4) is 0 Å². The van der Waals surface area contributed by atoms with E-state index in [2.05, 4.69) is 5.32 Å². The van der Waals surface area contributed by atoms with Crippen LogP contribution < -0.4 is 5.32 Å². The topological polar surface area (TPSA) is 41.6 Å². The summed E-state index contributed by atoms with van der Waals surface area (Å²) < 4.78 is 5.42. The summed E-state index contributed by atoms with van der Waals surface area (Å²) in [6.45, 7) is 9.77. The van der Waals surface area contributed by atoms with Crippen molar-refractivity contribution >= 4 is 6.09 Å². The lowest BCUT2D eigenvalue weighted by atomic mass is 10.2. The number of hydrogen-bond acceptors (Lipinski definition) is 3. The summed E-state index contributed by atoms with van der Waals surface area (Å²) in [5.41, 5.74) is 0.